The van der Waals surface area contributed by atoms with Crippen molar-refractivity contribution in [3.8, 4) is 0 Å². The van der Waals surface area contributed by atoms with Crippen molar-refractivity contribution in [2.45, 2.75) is 51.5 Å². The van der Waals surface area contributed by atoms with Crippen molar-refractivity contribution >= 4 is 10.0 Å². The van der Waals surface area contributed by atoms with Crippen LogP contribution in [0.15, 0.2) is 4.90 Å². The van der Waals surface area contributed by atoms with Crippen LogP contribution in [0.5, 0.6) is 0 Å². The smallest absolute Gasteiger partial charge is 0.247 e. The van der Waals surface area contributed by atoms with E-state index in [0.717, 1.165) is 12.8 Å². The van der Waals surface area contributed by atoms with Gasteiger partial charge < -0.3 is 4.74 Å². The largest absolute Gasteiger partial charge is 0.383 e. The molecular weight excluding hydrogens is 278 g/mol. The fourth-order valence-corrected chi connectivity index (χ4v) is 4.51. The second-order valence-electron chi connectivity index (χ2n) is 4.84. The number of ether oxygens (including phenoxy) is 1. The van der Waals surface area contributed by atoms with Crippen LogP contribution >= 0.6 is 0 Å². The Morgan fingerprint density at radius 1 is 1.30 bits per heavy atom. The van der Waals surface area contributed by atoms with E-state index >= 15 is 0 Å². The molecule has 0 saturated carbocycles. The van der Waals surface area contributed by atoms with Crippen molar-refractivity contribution in [3.63, 3.8) is 0 Å². The van der Waals surface area contributed by atoms with Gasteiger partial charge in [0.15, 0.2) is 0 Å². The minimum Gasteiger partial charge on any atom is -0.383 e. The van der Waals surface area contributed by atoms with Crippen LogP contribution < -0.4 is 0 Å². The molecule has 0 fully saturated rings. The summed E-state index contributed by atoms with van der Waals surface area (Å²) in [7, 11) is -1.98. The highest BCUT2D eigenvalue weighted by Gasteiger charge is 2.33. The van der Waals surface area contributed by atoms with E-state index in [2.05, 4.69) is 10.2 Å². The van der Waals surface area contributed by atoms with E-state index in [1.807, 2.05) is 13.8 Å². The molecule has 1 rings (SSSR count). The molecule has 0 spiro atoms. The molecule has 0 bridgehead atoms. The number of rotatable bonds is 8. The molecule has 0 aliphatic carbocycles. The molecule has 7 heteroatoms. The summed E-state index contributed by atoms with van der Waals surface area (Å²) >= 11 is 0. The fourth-order valence-electron chi connectivity index (χ4n) is 2.41. The van der Waals surface area contributed by atoms with Gasteiger partial charge in [-0.2, -0.15) is 9.40 Å². The summed E-state index contributed by atoms with van der Waals surface area (Å²) in [5.74, 6) is 0. The Morgan fingerprint density at radius 2 is 1.90 bits per heavy atom. The number of H-pyrrole nitrogens is 1. The topological polar surface area (TPSA) is 75.3 Å². The number of hydrogen-bond acceptors (Lipinski definition) is 4. The van der Waals surface area contributed by atoms with Gasteiger partial charge in [-0.05, 0) is 26.7 Å². The first kappa shape index (κ1) is 17.1. The SMILES string of the molecule is CCC(CC)N(CCOC)S(=O)(=O)c1c(C)n[nH]c1C. The van der Waals surface area contributed by atoms with E-state index in [0.29, 0.717) is 29.4 Å². The van der Waals surface area contributed by atoms with Crippen molar-refractivity contribution in [2.75, 3.05) is 20.3 Å². The maximum absolute atomic E-state index is 12.9. The number of aromatic nitrogens is 2. The molecule has 1 heterocycles. The highest BCUT2D eigenvalue weighted by molar-refractivity contribution is 7.89. The molecule has 1 aromatic rings. The standard InChI is InChI=1S/C13H25N3O3S/c1-6-12(7-2)16(8-9-19-5)20(17,18)13-10(3)14-15-11(13)4/h12H,6-9H2,1-5H3,(H,14,15). The van der Waals surface area contributed by atoms with Crippen molar-refractivity contribution in [1.29, 1.82) is 0 Å². The van der Waals surface area contributed by atoms with Crippen LogP contribution in [0, 0.1) is 13.8 Å². The summed E-state index contributed by atoms with van der Waals surface area (Å²) in [4.78, 5) is 0.292. The first-order valence-corrected chi connectivity index (χ1v) is 8.36. The lowest BCUT2D eigenvalue weighted by atomic mass is 10.2. The van der Waals surface area contributed by atoms with E-state index in [1.165, 1.54) is 0 Å². The van der Waals surface area contributed by atoms with Gasteiger partial charge in [-0.25, -0.2) is 8.42 Å². The highest BCUT2D eigenvalue weighted by Crippen LogP contribution is 2.25. The molecule has 20 heavy (non-hydrogen) atoms. The summed E-state index contributed by atoms with van der Waals surface area (Å²) in [6, 6.07) is -0.0242. The molecular formula is C13H25N3O3S. The number of nitrogens with one attached hydrogen (secondary N) is 1. The third-order valence-electron chi connectivity index (χ3n) is 3.49. The number of nitrogens with zero attached hydrogens (tertiary/aromatic N) is 2. The van der Waals surface area contributed by atoms with Crippen molar-refractivity contribution in [2.24, 2.45) is 0 Å². The summed E-state index contributed by atoms with van der Waals surface area (Å²) in [6.45, 7) is 8.17. The lowest BCUT2D eigenvalue weighted by Gasteiger charge is -2.29. The van der Waals surface area contributed by atoms with Gasteiger partial charge in [0.05, 0.1) is 18.0 Å². The van der Waals surface area contributed by atoms with Crippen LogP contribution in [-0.4, -0.2) is 49.2 Å². The first-order valence-electron chi connectivity index (χ1n) is 6.92. The second-order valence-corrected chi connectivity index (χ2v) is 6.67. The van der Waals surface area contributed by atoms with Crippen LogP contribution in [0.25, 0.3) is 0 Å². The zero-order valence-electron chi connectivity index (χ0n) is 12.9. The van der Waals surface area contributed by atoms with Gasteiger partial charge in [-0.1, -0.05) is 13.8 Å². The molecule has 0 aromatic carbocycles. The van der Waals surface area contributed by atoms with Crippen LogP contribution in [0.2, 0.25) is 0 Å². The molecule has 0 radical (unpaired) electrons. The Labute approximate surface area is 121 Å². The number of aryl methyl sites for hydroxylation is 2. The van der Waals surface area contributed by atoms with Crippen LogP contribution in [0.1, 0.15) is 38.1 Å². The van der Waals surface area contributed by atoms with Crippen molar-refractivity contribution in [3.05, 3.63) is 11.4 Å². The zero-order chi connectivity index (χ0) is 15.3. The predicted molar refractivity (Wildman–Crippen MR) is 78.2 cm³/mol. The first-order chi connectivity index (χ1) is 9.39. The lowest BCUT2D eigenvalue weighted by molar-refractivity contribution is 0.163. The van der Waals surface area contributed by atoms with E-state index in [4.69, 9.17) is 4.74 Å². The van der Waals surface area contributed by atoms with Crippen LogP contribution in [0.4, 0.5) is 0 Å². The highest BCUT2D eigenvalue weighted by atomic mass is 32.2. The van der Waals surface area contributed by atoms with E-state index in [9.17, 15) is 8.42 Å². The predicted octanol–water partition coefficient (Wildman–Crippen LogP) is 1.85. The van der Waals surface area contributed by atoms with Crippen LogP contribution in [-0.2, 0) is 14.8 Å². The Bertz CT molecular complexity index is 501. The van der Waals surface area contributed by atoms with Gasteiger partial charge in [-0.3, -0.25) is 5.10 Å². The molecule has 0 saturated heterocycles. The monoisotopic (exact) mass is 303 g/mol. The fraction of sp³-hybridized carbons (Fsp3) is 0.769. The minimum atomic E-state index is -3.56. The maximum Gasteiger partial charge on any atom is 0.247 e. The Kier molecular flexibility index (Phi) is 6.16. The van der Waals surface area contributed by atoms with E-state index in [1.54, 1.807) is 25.3 Å². The maximum atomic E-state index is 12.9. The van der Waals surface area contributed by atoms with Gasteiger partial charge in [0.25, 0.3) is 0 Å². The summed E-state index contributed by atoms with van der Waals surface area (Å²) in [6.07, 6.45) is 1.55. The molecule has 1 N–H and O–H groups in total. The molecule has 116 valence electrons. The van der Waals surface area contributed by atoms with Gasteiger partial charge in [0.2, 0.25) is 10.0 Å². The minimum absolute atomic E-state index is 0.0242. The van der Waals surface area contributed by atoms with E-state index < -0.39 is 10.0 Å². The molecule has 0 aliphatic rings. The third-order valence-corrected chi connectivity index (χ3v) is 5.71. The molecule has 1 aromatic heterocycles. The molecule has 6 nitrogen and oxygen atoms in total. The molecule has 0 aliphatic heterocycles. The van der Waals surface area contributed by atoms with Crippen molar-refractivity contribution < 1.29 is 13.2 Å². The quantitative estimate of drug-likeness (QED) is 0.795. The lowest BCUT2D eigenvalue weighted by Crippen LogP contribution is -2.42. The van der Waals surface area contributed by atoms with Gasteiger partial charge in [-0.15, -0.1) is 0 Å². The summed E-state index contributed by atoms with van der Waals surface area (Å²) < 4.78 is 32.4. The Hall–Kier alpha value is -0.920. The summed E-state index contributed by atoms with van der Waals surface area (Å²) in [5.41, 5.74) is 1.09. The average Bonchev–Trinajstić information content (AvgIpc) is 2.74. The number of hydrogen-bond donors (Lipinski definition) is 1. The average molecular weight is 303 g/mol. The summed E-state index contributed by atoms with van der Waals surface area (Å²) in [5, 5.41) is 6.74. The van der Waals surface area contributed by atoms with Gasteiger partial charge in [0.1, 0.15) is 4.90 Å². The van der Waals surface area contributed by atoms with Gasteiger partial charge in [0, 0.05) is 19.7 Å². The van der Waals surface area contributed by atoms with Crippen LogP contribution in [0.3, 0.4) is 0 Å². The Morgan fingerprint density at radius 3 is 2.30 bits per heavy atom. The van der Waals surface area contributed by atoms with Gasteiger partial charge >= 0.3 is 0 Å². The molecule has 0 atom stereocenters. The normalized spacial score (nSPS) is 12.6. The second kappa shape index (κ2) is 7.19. The van der Waals surface area contributed by atoms with E-state index in [-0.39, 0.29) is 6.04 Å². The number of methoxy groups -OCH3 is 1. The molecule has 0 unspecified atom stereocenters. The number of sulfonamides is 1. The zero-order valence-corrected chi connectivity index (χ0v) is 13.7. The van der Waals surface area contributed by atoms with Crippen molar-refractivity contribution in [1.82, 2.24) is 14.5 Å². The molecule has 0 amide bonds. The Balaban J connectivity index is 3.23. The third kappa shape index (κ3) is 3.39. The number of aromatic amines is 1.